The van der Waals surface area contributed by atoms with Gasteiger partial charge in [0, 0.05) is 43.5 Å². The van der Waals surface area contributed by atoms with Gasteiger partial charge in [-0.25, -0.2) is 4.79 Å². The number of carbonyl (C=O) groups excluding carboxylic acids is 1. The van der Waals surface area contributed by atoms with Crippen LogP contribution in [-0.2, 0) is 17.6 Å². The highest BCUT2D eigenvalue weighted by Crippen LogP contribution is 2.36. The van der Waals surface area contributed by atoms with Crippen molar-refractivity contribution in [1.29, 1.82) is 0 Å². The Labute approximate surface area is 211 Å². The average molecular weight is 495 g/mol. The van der Waals surface area contributed by atoms with Crippen LogP contribution in [0.25, 0.3) is 0 Å². The Hall–Kier alpha value is -2.90. The van der Waals surface area contributed by atoms with E-state index in [4.69, 9.17) is 25.8 Å². The van der Waals surface area contributed by atoms with E-state index >= 15 is 0 Å². The number of aryl methyl sites for hydroxylation is 1. The maximum Gasteiger partial charge on any atom is 0.320 e. The number of ether oxygens (including phenoxy) is 1. The lowest BCUT2D eigenvalue weighted by Crippen LogP contribution is -2.52. The zero-order valence-corrected chi connectivity index (χ0v) is 20.8. The van der Waals surface area contributed by atoms with E-state index in [9.17, 15) is 4.79 Å². The highest BCUT2D eigenvalue weighted by molar-refractivity contribution is 6.30. The highest BCUT2D eigenvalue weighted by atomic mass is 35.5. The van der Waals surface area contributed by atoms with Crippen LogP contribution in [0.4, 0.5) is 4.79 Å². The summed E-state index contributed by atoms with van der Waals surface area (Å²) in [7, 11) is 0. The number of amides is 2. The first-order valence-electron chi connectivity index (χ1n) is 12.4. The predicted octanol–water partition coefficient (Wildman–Crippen LogP) is 4.90. The van der Waals surface area contributed by atoms with Crippen LogP contribution < -0.4 is 0 Å². The molecule has 7 nitrogen and oxygen atoms in total. The molecule has 2 amide bonds. The molecule has 3 aromatic rings. The number of halogens is 1. The molecule has 2 aliphatic heterocycles. The number of hydrogen-bond donors (Lipinski definition) is 0. The minimum atomic E-state index is -0.0175. The van der Waals surface area contributed by atoms with Crippen LogP contribution >= 0.6 is 11.6 Å². The first-order chi connectivity index (χ1) is 17.1. The maximum atomic E-state index is 13.4. The Kier molecular flexibility index (Phi) is 7.35. The number of aromatic nitrogens is 2. The van der Waals surface area contributed by atoms with Crippen molar-refractivity contribution in [2.24, 2.45) is 0 Å². The van der Waals surface area contributed by atoms with Crippen molar-refractivity contribution in [3.8, 4) is 0 Å². The zero-order chi connectivity index (χ0) is 24.2. The topological polar surface area (TPSA) is 71.7 Å². The maximum absolute atomic E-state index is 13.4. The van der Waals surface area contributed by atoms with E-state index in [1.54, 1.807) is 0 Å². The quantitative estimate of drug-likeness (QED) is 0.504. The molecule has 1 aromatic heterocycles. The summed E-state index contributed by atoms with van der Waals surface area (Å²) in [6, 6.07) is 16.5. The largest absolute Gasteiger partial charge is 0.378 e. The van der Waals surface area contributed by atoms with E-state index in [0.29, 0.717) is 62.6 Å². The van der Waals surface area contributed by atoms with Crippen molar-refractivity contribution in [3.63, 3.8) is 0 Å². The minimum Gasteiger partial charge on any atom is -0.378 e. The van der Waals surface area contributed by atoms with Gasteiger partial charge in [0.05, 0.1) is 19.1 Å². The van der Waals surface area contributed by atoms with Crippen molar-refractivity contribution in [1.82, 2.24) is 19.9 Å². The van der Waals surface area contributed by atoms with Crippen molar-refractivity contribution in [2.75, 3.05) is 39.4 Å². The smallest absolute Gasteiger partial charge is 0.320 e. The first-order valence-corrected chi connectivity index (χ1v) is 12.7. The van der Waals surface area contributed by atoms with Gasteiger partial charge in [-0.05, 0) is 41.7 Å². The average Bonchev–Trinajstić information content (AvgIpc) is 3.38. The van der Waals surface area contributed by atoms with Crippen molar-refractivity contribution >= 4 is 17.6 Å². The summed E-state index contributed by atoms with van der Waals surface area (Å²) in [6.07, 6.45) is 2.44. The Morgan fingerprint density at radius 3 is 2.37 bits per heavy atom. The third kappa shape index (κ3) is 5.68. The molecule has 2 aromatic carbocycles. The summed E-state index contributed by atoms with van der Waals surface area (Å²) in [5.41, 5.74) is 3.63. The first kappa shape index (κ1) is 23.8. The van der Waals surface area contributed by atoms with Gasteiger partial charge in [-0.15, -0.1) is 0 Å². The molecule has 0 N–H and O–H groups in total. The van der Waals surface area contributed by atoms with E-state index in [0.717, 1.165) is 18.4 Å². The van der Waals surface area contributed by atoms with Crippen LogP contribution in [0.5, 0.6) is 0 Å². The second-order valence-corrected chi connectivity index (χ2v) is 9.80. The second kappa shape index (κ2) is 10.8. The number of benzene rings is 2. The van der Waals surface area contributed by atoms with Crippen molar-refractivity contribution in [2.45, 2.75) is 38.0 Å². The normalized spacial score (nSPS) is 20.7. The summed E-state index contributed by atoms with van der Waals surface area (Å²) < 4.78 is 11.2. The Balaban J connectivity index is 1.36. The molecule has 35 heavy (non-hydrogen) atoms. The third-order valence-corrected chi connectivity index (χ3v) is 7.22. The van der Waals surface area contributed by atoms with Crippen LogP contribution in [-0.4, -0.2) is 65.4 Å². The fourth-order valence-corrected chi connectivity index (χ4v) is 5.07. The SMILES string of the molecule is CCc1ccc(C2CC(c3nc(Cc4ccc(Cl)cc4)no3)CN(C(=O)N3CCOCC3)C2)cc1. The fourth-order valence-electron chi connectivity index (χ4n) is 4.95. The molecule has 2 aliphatic rings. The Bertz CT molecular complexity index is 1130. The molecule has 0 saturated carbocycles. The van der Waals surface area contributed by atoms with Gasteiger partial charge in [0.15, 0.2) is 5.82 Å². The molecule has 0 aliphatic carbocycles. The second-order valence-electron chi connectivity index (χ2n) is 9.36. The zero-order valence-electron chi connectivity index (χ0n) is 20.0. The molecule has 2 fully saturated rings. The van der Waals surface area contributed by atoms with Gasteiger partial charge in [-0.1, -0.05) is 60.1 Å². The third-order valence-electron chi connectivity index (χ3n) is 6.97. The number of piperidine rings is 1. The van der Waals surface area contributed by atoms with Crippen LogP contribution in [0.1, 0.15) is 53.6 Å². The van der Waals surface area contributed by atoms with E-state index in [2.05, 4.69) is 36.3 Å². The summed E-state index contributed by atoms with van der Waals surface area (Å²) in [5.74, 6) is 1.43. The summed E-state index contributed by atoms with van der Waals surface area (Å²) >= 11 is 6.00. The molecular formula is C27H31ClN4O3. The molecule has 8 heteroatoms. The summed E-state index contributed by atoms with van der Waals surface area (Å²) in [4.78, 5) is 22.0. The molecule has 2 atom stereocenters. The van der Waals surface area contributed by atoms with Crippen molar-refractivity contribution in [3.05, 3.63) is 82.0 Å². The van der Waals surface area contributed by atoms with E-state index in [-0.39, 0.29) is 17.9 Å². The number of likely N-dealkylation sites (tertiary alicyclic amines) is 1. The van der Waals surface area contributed by atoms with Gasteiger partial charge in [0.2, 0.25) is 5.89 Å². The molecule has 2 unspecified atom stereocenters. The van der Waals surface area contributed by atoms with Gasteiger partial charge in [0.1, 0.15) is 0 Å². The number of nitrogens with zero attached hydrogens (tertiary/aromatic N) is 4. The lowest BCUT2D eigenvalue weighted by Gasteiger charge is -2.40. The lowest BCUT2D eigenvalue weighted by atomic mass is 9.84. The lowest BCUT2D eigenvalue weighted by molar-refractivity contribution is 0.0392. The number of urea groups is 1. The van der Waals surface area contributed by atoms with E-state index in [1.165, 1.54) is 11.1 Å². The molecule has 3 heterocycles. The highest BCUT2D eigenvalue weighted by Gasteiger charge is 2.36. The van der Waals surface area contributed by atoms with Gasteiger partial charge in [-0.3, -0.25) is 0 Å². The number of hydrogen-bond acceptors (Lipinski definition) is 5. The molecule has 0 spiro atoms. The Morgan fingerprint density at radius 2 is 1.66 bits per heavy atom. The minimum absolute atomic E-state index is 0.0175. The molecule has 5 rings (SSSR count). The van der Waals surface area contributed by atoms with E-state index in [1.807, 2.05) is 34.1 Å². The van der Waals surface area contributed by atoms with Gasteiger partial charge >= 0.3 is 6.03 Å². The van der Waals surface area contributed by atoms with Crippen LogP contribution in [0.15, 0.2) is 53.1 Å². The Morgan fingerprint density at radius 1 is 0.971 bits per heavy atom. The summed E-state index contributed by atoms with van der Waals surface area (Å²) in [5, 5.41) is 4.94. The van der Waals surface area contributed by atoms with Crippen LogP contribution in [0.3, 0.4) is 0 Å². The standard InChI is InChI=1S/C27H31ClN4O3/c1-2-19-3-7-21(8-4-19)22-16-23(18-32(17-22)27(33)31-11-13-34-14-12-31)26-29-25(30-35-26)15-20-5-9-24(28)10-6-20/h3-10,22-23H,2,11-18H2,1H3. The van der Waals surface area contributed by atoms with Gasteiger partial charge in [-0.2, -0.15) is 4.98 Å². The molecule has 184 valence electrons. The fraction of sp³-hybridized carbons (Fsp3) is 0.444. The number of rotatable bonds is 5. The monoisotopic (exact) mass is 494 g/mol. The molecular weight excluding hydrogens is 464 g/mol. The van der Waals surface area contributed by atoms with Crippen LogP contribution in [0.2, 0.25) is 5.02 Å². The van der Waals surface area contributed by atoms with Crippen LogP contribution in [0, 0.1) is 0 Å². The number of morpholine rings is 1. The predicted molar refractivity (Wildman–Crippen MR) is 134 cm³/mol. The van der Waals surface area contributed by atoms with E-state index < -0.39 is 0 Å². The summed E-state index contributed by atoms with van der Waals surface area (Å²) in [6.45, 7) is 5.84. The van der Waals surface area contributed by atoms with Gasteiger partial charge in [0.25, 0.3) is 0 Å². The number of carbonyl (C=O) groups is 1. The molecule has 0 bridgehead atoms. The molecule has 0 radical (unpaired) electrons. The molecule has 2 saturated heterocycles. The van der Waals surface area contributed by atoms with Crippen molar-refractivity contribution < 1.29 is 14.1 Å². The van der Waals surface area contributed by atoms with Gasteiger partial charge < -0.3 is 19.1 Å².